The first-order valence-electron chi connectivity index (χ1n) is 10.3. The number of nitrogens with zero attached hydrogens (tertiary/aromatic N) is 4. The zero-order chi connectivity index (χ0) is 27.7. The molecule has 0 saturated heterocycles. The number of aliphatic hydroxyl groups excluding tert-OH is 1. The fraction of sp³-hybridized carbons (Fsp3) is 0.286. The first kappa shape index (κ1) is 36.2. The second-order valence-corrected chi connectivity index (χ2v) is 8.69. The van der Waals surface area contributed by atoms with Crippen molar-refractivity contribution in [1.29, 1.82) is 0 Å². The summed E-state index contributed by atoms with van der Waals surface area (Å²) in [6.45, 7) is 2.99. The molecule has 0 aromatic carbocycles. The summed E-state index contributed by atoms with van der Waals surface area (Å²) in [6, 6.07) is 17.6. The number of aliphatic hydroxyl groups is 1. The molecule has 0 amide bonds. The molecule has 0 aliphatic carbocycles. The number of hydrogen-bond acceptors (Lipinski definition) is 14. The smallest absolute Gasteiger partial charge is 0.390 e. The van der Waals surface area contributed by atoms with Gasteiger partial charge in [0.1, 0.15) is 0 Å². The van der Waals surface area contributed by atoms with Crippen LogP contribution in [-0.2, 0) is 39.1 Å². The molecule has 14 nitrogen and oxygen atoms in total. The van der Waals surface area contributed by atoms with Crippen LogP contribution in [0.2, 0.25) is 0 Å². The number of rotatable bonds is 10. The van der Waals surface area contributed by atoms with Crippen LogP contribution in [0.4, 0.5) is 0 Å². The molecule has 1 atom stereocenters. The van der Waals surface area contributed by atoms with E-state index < -0.39 is 26.6 Å². The Hall–Kier alpha value is -1.79. The molecule has 0 aliphatic heterocycles. The summed E-state index contributed by atoms with van der Waals surface area (Å²) in [6.07, 6.45) is 4.86. The van der Waals surface area contributed by atoms with E-state index in [4.69, 9.17) is 37.3 Å². The van der Waals surface area contributed by atoms with Gasteiger partial charge in [-0.1, -0.05) is 18.2 Å². The van der Waals surface area contributed by atoms with Gasteiger partial charge in [-0.3, -0.25) is 19.9 Å². The molecule has 3 heterocycles. The monoisotopic (exact) mass is 625 g/mol. The van der Waals surface area contributed by atoms with Crippen molar-refractivity contribution in [3.8, 4) is 0 Å². The van der Waals surface area contributed by atoms with Crippen molar-refractivity contribution in [2.45, 2.75) is 25.7 Å². The SMILES string of the molecule is O[C@H](CNCc1ccccn1)CN(Cc1ccccn1)Cc1ccccn1.[O-][Cl+3]([O-])([O-])[O-].[O-][Cl+3]([O-])([O-])[O-].[Zn+2]. The molecule has 0 unspecified atom stereocenters. The van der Waals surface area contributed by atoms with Crippen LogP contribution >= 0.6 is 0 Å². The minimum atomic E-state index is -4.94. The molecule has 38 heavy (non-hydrogen) atoms. The quantitative estimate of drug-likeness (QED) is 0.198. The Morgan fingerprint density at radius 2 is 1.05 bits per heavy atom. The van der Waals surface area contributed by atoms with Gasteiger partial charge >= 0.3 is 19.5 Å². The maximum atomic E-state index is 10.5. The number of halogens is 2. The van der Waals surface area contributed by atoms with Gasteiger partial charge in [0, 0.05) is 51.3 Å². The summed E-state index contributed by atoms with van der Waals surface area (Å²) < 4.78 is 67.9. The molecule has 2 N–H and O–H groups in total. The first-order valence-corrected chi connectivity index (χ1v) is 12.8. The van der Waals surface area contributed by atoms with E-state index in [0.717, 1.165) is 17.1 Å². The Morgan fingerprint density at radius 1 is 0.684 bits per heavy atom. The predicted molar refractivity (Wildman–Crippen MR) is 105 cm³/mol. The molecule has 3 aromatic rings. The van der Waals surface area contributed by atoms with Gasteiger partial charge in [-0.2, -0.15) is 0 Å². The van der Waals surface area contributed by atoms with E-state index in [1.165, 1.54) is 0 Å². The Labute approximate surface area is 236 Å². The zero-order valence-corrected chi connectivity index (χ0v) is 24.5. The van der Waals surface area contributed by atoms with Crippen molar-refractivity contribution >= 4 is 0 Å². The minimum Gasteiger partial charge on any atom is -0.390 e. The zero-order valence-electron chi connectivity index (χ0n) is 20.0. The number of aromatic nitrogens is 3. The second kappa shape index (κ2) is 19.3. The predicted octanol–water partition coefficient (Wildman–Crippen LogP) is -7.49. The van der Waals surface area contributed by atoms with Gasteiger partial charge in [-0.25, -0.2) is 37.3 Å². The molecular formula is C21H25Cl2N5O9Zn. The third kappa shape index (κ3) is 23.3. The third-order valence-corrected chi connectivity index (χ3v) is 4.10. The van der Waals surface area contributed by atoms with E-state index in [9.17, 15) is 5.11 Å². The van der Waals surface area contributed by atoms with Crippen molar-refractivity contribution < 1.29 is 82.3 Å². The van der Waals surface area contributed by atoms with Gasteiger partial charge < -0.3 is 10.4 Å². The van der Waals surface area contributed by atoms with E-state index in [1.54, 1.807) is 18.6 Å². The summed E-state index contributed by atoms with van der Waals surface area (Å²) >= 11 is 0. The molecule has 0 aliphatic rings. The van der Waals surface area contributed by atoms with Crippen molar-refractivity contribution in [2.24, 2.45) is 0 Å². The van der Waals surface area contributed by atoms with E-state index in [2.05, 4.69) is 25.2 Å². The average molecular weight is 628 g/mol. The van der Waals surface area contributed by atoms with Gasteiger partial charge in [0.05, 0.1) is 23.2 Å². The van der Waals surface area contributed by atoms with Gasteiger partial charge in [-0.15, -0.1) is 20.5 Å². The maximum Gasteiger partial charge on any atom is 2.00 e. The summed E-state index contributed by atoms with van der Waals surface area (Å²) in [5, 5.41) is 13.8. The first-order chi connectivity index (χ1) is 17.3. The van der Waals surface area contributed by atoms with Crippen LogP contribution in [-0.4, -0.2) is 44.2 Å². The fourth-order valence-corrected chi connectivity index (χ4v) is 2.86. The number of pyridine rings is 3. The third-order valence-electron chi connectivity index (χ3n) is 4.10. The summed E-state index contributed by atoms with van der Waals surface area (Å²) in [5.41, 5.74) is 2.91. The molecule has 0 saturated carbocycles. The molecule has 3 rings (SSSR count). The molecule has 204 valence electrons. The van der Waals surface area contributed by atoms with Gasteiger partial charge in [0.25, 0.3) is 0 Å². The maximum absolute atomic E-state index is 10.5. The standard InChI is InChI=1S/C21H25N5O.2ClHO4.Zn/c27-21(14-22-13-18-7-1-4-10-23-18)17-26(15-19-8-2-5-11-24-19)16-20-9-3-6-12-25-20;2*2-1(3,4)5;/h1-12,21-22,27H,13-17H2;2*(H,2,3,4,5);/q;;;+2/p-2/t21-;;;/m1.../s1. The fourth-order valence-electron chi connectivity index (χ4n) is 2.86. The Morgan fingerprint density at radius 3 is 1.39 bits per heavy atom. The molecule has 3 aromatic heterocycles. The van der Waals surface area contributed by atoms with E-state index >= 15 is 0 Å². The van der Waals surface area contributed by atoms with Crippen LogP contribution in [0.25, 0.3) is 0 Å². The van der Waals surface area contributed by atoms with Crippen molar-refractivity contribution in [3.05, 3.63) is 90.3 Å². The Bertz CT molecular complexity index is 910. The Balaban J connectivity index is 0.00000107. The van der Waals surface area contributed by atoms with E-state index in [-0.39, 0.29) is 19.5 Å². The van der Waals surface area contributed by atoms with Crippen molar-refractivity contribution in [3.63, 3.8) is 0 Å². The average Bonchev–Trinajstić information content (AvgIpc) is 2.79. The van der Waals surface area contributed by atoms with Crippen LogP contribution in [0.3, 0.4) is 0 Å². The Kier molecular flexibility index (Phi) is 18.4. The molecule has 0 spiro atoms. The minimum absolute atomic E-state index is 0. The number of nitrogens with one attached hydrogen (secondary N) is 1. The summed E-state index contributed by atoms with van der Waals surface area (Å²) in [7, 11) is -9.89. The molecular weight excluding hydrogens is 603 g/mol. The van der Waals surface area contributed by atoms with Gasteiger partial charge in [-0.05, 0) is 36.4 Å². The van der Waals surface area contributed by atoms with Gasteiger partial charge in [0.2, 0.25) is 0 Å². The van der Waals surface area contributed by atoms with Crippen LogP contribution in [0.1, 0.15) is 17.1 Å². The largest absolute Gasteiger partial charge is 2.00 e. The molecule has 17 heteroatoms. The van der Waals surface area contributed by atoms with Crippen LogP contribution in [0.5, 0.6) is 0 Å². The summed E-state index contributed by atoms with van der Waals surface area (Å²) in [4.78, 5) is 15.2. The topological polar surface area (TPSA) is 259 Å². The number of hydrogen-bond donors (Lipinski definition) is 2. The van der Waals surface area contributed by atoms with E-state index in [1.807, 2.05) is 54.6 Å². The van der Waals surface area contributed by atoms with Gasteiger partial charge in [0.15, 0.2) is 0 Å². The molecule has 0 fully saturated rings. The van der Waals surface area contributed by atoms with Crippen molar-refractivity contribution in [1.82, 2.24) is 25.2 Å². The van der Waals surface area contributed by atoms with Crippen LogP contribution < -0.4 is 42.6 Å². The molecule has 0 radical (unpaired) electrons. The normalized spacial score (nSPS) is 11.8. The second-order valence-electron chi connectivity index (χ2n) is 7.17. The van der Waals surface area contributed by atoms with Crippen molar-refractivity contribution in [2.75, 3.05) is 13.1 Å². The van der Waals surface area contributed by atoms with Crippen LogP contribution in [0.15, 0.2) is 73.2 Å². The van der Waals surface area contributed by atoms with E-state index in [0.29, 0.717) is 32.7 Å². The molecule has 0 bridgehead atoms. The van der Waals surface area contributed by atoms with Crippen LogP contribution in [0, 0.1) is 20.5 Å². The summed E-state index contributed by atoms with van der Waals surface area (Å²) in [5.74, 6) is 0.